The molecule has 4 nitrogen and oxygen atoms in total. The molecule has 0 saturated heterocycles. The van der Waals surface area contributed by atoms with Gasteiger partial charge in [-0.1, -0.05) is 37.9 Å². The molecule has 0 bridgehead atoms. The van der Waals surface area contributed by atoms with Crippen LogP contribution in [0, 0.1) is 15.9 Å². The lowest BCUT2D eigenvalue weighted by Gasteiger charge is -2.08. The minimum Gasteiger partial charge on any atom is -0.375 e. The molecule has 0 radical (unpaired) electrons. The topological polar surface area (TPSA) is 55.2 Å². The van der Waals surface area contributed by atoms with Gasteiger partial charge in [-0.15, -0.1) is 0 Å². The predicted molar refractivity (Wildman–Crippen MR) is 82.2 cm³/mol. The van der Waals surface area contributed by atoms with E-state index < -0.39 is 4.92 Å². The molecule has 0 atom stereocenters. The van der Waals surface area contributed by atoms with Gasteiger partial charge in [0.2, 0.25) is 0 Å². The van der Waals surface area contributed by atoms with Gasteiger partial charge in [0.05, 0.1) is 4.92 Å². The highest BCUT2D eigenvalue weighted by Gasteiger charge is 2.14. The van der Waals surface area contributed by atoms with Gasteiger partial charge >= 0.3 is 0 Å². The Morgan fingerprint density at radius 1 is 1.15 bits per heavy atom. The molecule has 0 saturated carbocycles. The van der Waals surface area contributed by atoms with Gasteiger partial charge in [0.25, 0.3) is 5.69 Å². The maximum absolute atomic E-state index is 13.7. The van der Waals surface area contributed by atoms with Crippen LogP contribution in [0.15, 0.2) is 45.3 Å². The van der Waals surface area contributed by atoms with Crippen LogP contribution >= 0.6 is 31.9 Å². The molecule has 0 aliphatic carbocycles. The zero-order chi connectivity index (χ0) is 14.7. The summed E-state index contributed by atoms with van der Waals surface area (Å²) in [7, 11) is 0. The molecule has 0 fully saturated rings. The highest BCUT2D eigenvalue weighted by atomic mass is 79.9. The van der Waals surface area contributed by atoms with Crippen LogP contribution in [0.4, 0.5) is 15.8 Å². The molecule has 0 aliphatic rings. The van der Waals surface area contributed by atoms with Crippen molar-refractivity contribution in [1.82, 2.24) is 0 Å². The largest absolute Gasteiger partial charge is 0.375 e. The van der Waals surface area contributed by atoms with E-state index in [0.717, 1.165) is 0 Å². The first-order valence-corrected chi connectivity index (χ1v) is 7.17. The Kier molecular flexibility index (Phi) is 4.72. The molecular weight excluding hydrogens is 395 g/mol. The summed E-state index contributed by atoms with van der Waals surface area (Å²) >= 11 is 6.36. The van der Waals surface area contributed by atoms with E-state index in [4.69, 9.17) is 0 Å². The first-order chi connectivity index (χ1) is 9.47. The lowest BCUT2D eigenvalue weighted by Crippen LogP contribution is -2.04. The summed E-state index contributed by atoms with van der Waals surface area (Å²) in [6, 6.07) is 9.37. The maximum atomic E-state index is 13.7. The number of halogens is 3. The molecule has 2 aromatic carbocycles. The van der Waals surface area contributed by atoms with Crippen molar-refractivity contribution in [3.05, 3.63) is 66.8 Å². The number of nitrogens with one attached hydrogen (secondary N) is 1. The minimum absolute atomic E-state index is 0.0584. The van der Waals surface area contributed by atoms with E-state index in [-0.39, 0.29) is 18.0 Å². The zero-order valence-corrected chi connectivity index (χ0v) is 13.2. The van der Waals surface area contributed by atoms with E-state index in [9.17, 15) is 14.5 Å². The van der Waals surface area contributed by atoms with Gasteiger partial charge in [0.1, 0.15) is 11.5 Å². The number of rotatable bonds is 4. The number of nitro groups is 1. The number of anilines is 1. The molecule has 20 heavy (non-hydrogen) atoms. The summed E-state index contributed by atoms with van der Waals surface area (Å²) in [5.41, 5.74) is 0.725. The van der Waals surface area contributed by atoms with Crippen LogP contribution in [0.1, 0.15) is 5.56 Å². The van der Waals surface area contributed by atoms with E-state index in [1.807, 2.05) is 0 Å². The first kappa shape index (κ1) is 14.9. The Bertz CT molecular complexity index is 665. The zero-order valence-electron chi connectivity index (χ0n) is 10.1. The Morgan fingerprint density at radius 3 is 2.45 bits per heavy atom. The number of hydrogen-bond acceptors (Lipinski definition) is 3. The van der Waals surface area contributed by atoms with Gasteiger partial charge in [0, 0.05) is 27.1 Å². The molecule has 2 rings (SSSR count). The van der Waals surface area contributed by atoms with Crippen LogP contribution in [0.5, 0.6) is 0 Å². The van der Waals surface area contributed by atoms with E-state index >= 15 is 0 Å². The SMILES string of the molecule is O=[N+]([O-])c1cc(Br)ccc1NCc1ccc(Br)cc1F. The second-order valence-electron chi connectivity index (χ2n) is 4.01. The van der Waals surface area contributed by atoms with Gasteiger partial charge in [-0.05, 0) is 24.3 Å². The van der Waals surface area contributed by atoms with Crippen LogP contribution in [-0.4, -0.2) is 4.92 Å². The third kappa shape index (κ3) is 3.55. The first-order valence-electron chi connectivity index (χ1n) is 5.59. The molecule has 1 N–H and O–H groups in total. The molecule has 7 heteroatoms. The van der Waals surface area contributed by atoms with E-state index in [2.05, 4.69) is 37.2 Å². The van der Waals surface area contributed by atoms with Crippen molar-refractivity contribution < 1.29 is 9.31 Å². The van der Waals surface area contributed by atoms with Crippen molar-refractivity contribution in [2.24, 2.45) is 0 Å². The standard InChI is InChI=1S/C13H9Br2FN2O2/c14-9-2-1-8(11(16)5-9)7-17-12-4-3-10(15)6-13(12)18(19)20/h1-6,17H,7H2. The fourth-order valence-electron chi connectivity index (χ4n) is 1.66. The van der Waals surface area contributed by atoms with Crippen molar-refractivity contribution in [2.75, 3.05) is 5.32 Å². The normalized spacial score (nSPS) is 10.3. The molecule has 2 aromatic rings. The summed E-state index contributed by atoms with van der Waals surface area (Å²) in [6.07, 6.45) is 0. The van der Waals surface area contributed by atoms with Crippen molar-refractivity contribution in [2.45, 2.75) is 6.54 Å². The predicted octanol–water partition coefficient (Wildman–Crippen LogP) is 4.87. The highest BCUT2D eigenvalue weighted by molar-refractivity contribution is 9.10. The summed E-state index contributed by atoms with van der Waals surface area (Å²) in [5.74, 6) is -0.369. The maximum Gasteiger partial charge on any atom is 0.293 e. The van der Waals surface area contributed by atoms with Crippen LogP contribution < -0.4 is 5.32 Å². The lowest BCUT2D eigenvalue weighted by atomic mass is 10.2. The number of nitrogens with zero attached hydrogens (tertiary/aromatic N) is 1. The molecule has 0 amide bonds. The number of hydrogen-bond donors (Lipinski definition) is 1. The fraction of sp³-hybridized carbons (Fsp3) is 0.0769. The van der Waals surface area contributed by atoms with Crippen molar-refractivity contribution in [1.29, 1.82) is 0 Å². The number of nitro benzene ring substituents is 1. The van der Waals surface area contributed by atoms with Crippen molar-refractivity contribution >= 4 is 43.2 Å². The van der Waals surface area contributed by atoms with Gasteiger partial charge in [0.15, 0.2) is 0 Å². The van der Waals surface area contributed by atoms with Gasteiger partial charge in [-0.2, -0.15) is 0 Å². The van der Waals surface area contributed by atoms with E-state index in [0.29, 0.717) is 20.2 Å². The fourth-order valence-corrected chi connectivity index (χ4v) is 2.34. The smallest absolute Gasteiger partial charge is 0.293 e. The Balaban J connectivity index is 2.20. The monoisotopic (exact) mass is 402 g/mol. The molecule has 0 spiro atoms. The molecule has 0 heterocycles. The van der Waals surface area contributed by atoms with Crippen LogP contribution in [0.3, 0.4) is 0 Å². The molecule has 0 aromatic heterocycles. The average Bonchev–Trinajstić information content (AvgIpc) is 2.38. The number of benzene rings is 2. The van der Waals surface area contributed by atoms with Crippen molar-refractivity contribution in [3.63, 3.8) is 0 Å². The third-order valence-corrected chi connectivity index (χ3v) is 3.63. The third-order valence-electron chi connectivity index (χ3n) is 2.64. The van der Waals surface area contributed by atoms with E-state index in [1.165, 1.54) is 12.1 Å². The quantitative estimate of drug-likeness (QED) is 0.585. The van der Waals surface area contributed by atoms with Crippen LogP contribution in [0.25, 0.3) is 0 Å². The molecular formula is C13H9Br2FN2O2. The molecule has 0 aliphatic heterocycles. The van der Waals surface area contributed by atoms with Gasteiger partial charge in [-0.3, -0.25) is 10.1 Å². The van der Waals surface area contributed by atoms with Gasteiger partial charge < -0.3 is 5.32 Å². The summed E-state index contributed by atoms with van der Waals surface area (Å²) < 4.78 is 14.9. The lowest BCUT2D eigenvalue weighted by molar-refractivity contribution is -0.384. The summed E-state index contributed by atoms with van der Waals surface area (Å²) in [6.45, 7) is 0.168. The molecule has 104 valence electrons. The molecule has 0 unspecified atom stereocenters. The Labute approximate surface area is 131 Å². The Morgan fingerprint density at radius 2 is 1.80 bits per heavy atom. The van der Waals surface area contributed by atoms with E-state index in [1.54, 1.807) is 24.3 Å². The van der Waals surface area contributed by atoms with Crippen LogP contribution in [-0.2, 0) is 6.54 Å². The average molecular weight is 404 g/mol. The summed E-state index contributed by atoms with van der Waals surface area (Å²) in [4.78, 5) is 10.5. The minimum atomic E-state index is -0.481. The van der Waals surface area contributed by atoms with Gasteiger partial charge in [-0.25, -0.2) is 4.39 Å². The van der Waals surface area contributed by atoms with Crippen molar-refractivity contribution in [3.8, 4) is 0 Å². The summed E-state index contributed by atoms with van der Waals surface area (Å²) in [5, 5.41) is 13.8. The second-order valence-corrected chi connectivity index (χ2v) is 5.84. The highest BCUT2D eigenvalue weighted by Crippen LogP contribution is 2.28. The van der Waals surface area contributed by atoms with Crippen LogP contribution in [0.2, 0.25) is 0 Å². The second kappa shape index (κ2) is 6.32. The Hall–Kier alpha value is -1.47.